The molecule has 3 aromatic rings. The molecule has 4 nitrogen and oxygen atoms in total. The van der Waals surface area contributed by atoms with Crippen molar-refractivity contribution in [2.24, 2.45) is 0 Å². The highest BCUT2D eigenvalue weighted by atomic mass is 32.1. The van der Waals surface area contributed by atoms with Crippen LogP contribution in [0, 0.1) is 0 Å². The average Bonchev–Trinajstić information content (AvgIpc) is 3.22. The van der Waals surface area contributed by atoms with Crippen LogP contribution in [-0.4, -0.2) is 38.6 Å². The van der Waals surface area contributed by atoms with Crippen molar-refractivity contribution in [2.75, 3.05) is 13.1 Å². The molecule has 3 aromatic heterocycles. The zero-order chi connectivity index (χ0) is 15.9. The second-order valence-corrected chi connectivity index (χ2v) is 8.03. The van der Waals surface area contributed by atoms with Gasteiger partial charge in [-0.3, -0.25) is 4.90 Å². The lowest BCUT2D eigenvalue weighted by Crippen LogP contribution is -2.45. The molecule has 2 aliphatic rings. The number of rotatable bonds is 3. The summed E-state index contributed by atoms with van der Waals surface area (Å²) in [5, 5.41) is 6.94. The summed E-state index contributed by atoms with van der Waals surface area (Å²) in [5.41, 5.74) is 2.18. The number of nitrogens with zero attached hydrogens (tertiary/aromatic N) is 4. The quantitative estimate of drug-likeness (QED) is 0.718. The number of hydrogen-bond donors (Lipinski definition) is 0. The predicted molar refractivity (Wildman–Crippen MR) is 97.5 cm³/mol. The highest BCUT2D eigenvalue weighted by Crippen LogP contribution is 2.32. The van der Waals surface area contributed by atoms with Gasteiger partial charge in [0.25, 0.3) is 0 Å². The minimum absolute atomic E-state index is 0.490. The summed E-state index contributed by atoms with van der Waals surface area (Å²) >= 11 is 1.76. The lowest BCUT2D eigenvalue weighted by molar-refractivity contribution is 0.0929. The summed E-state index contributed by atoms with van der Waals surface area (Å²) in [6, 6.07) is 9.32. The number of hydrogen-bond acceptors (Lipinski definition) is 4. The largest absolute Gasteiger partial charge is 0.300 e. The lowest BCUT2D eigenvalue weighted by atomic mass is 9.87. The Kier molecular flexibility index (Phi) is 3.64. The highest BCUT2D eigenvalue weighted by Gasteiger charge is 2.31. The van der Waals surface area contributed by atoms with Gasteiger partial charge in [0.15, 0.2) is 11.5 Å². The molecular formula is C19H22N4S. The van der Waals surface area contributed by atoms with E-state index in [1.54, 1.807) is 11.3 Å². The molecule has 0 bridgehead atoms. The second-order valence-electron chi connectivity index (χ2n) is 7.09. The normalized spacial score (nSPS) is 22.8. The van der Waals surface area contributed by atoms with Gasteiger partial charge in [0.2, 0.25) is 0 Å². The van der Waals surface area contributed by atoms with E-state index in [4.69, 9.17) is 10.1 Å². The van der Waals surface area contributed by atoms with Gasteiger partial charge in [-0.25, -0.2) is 9.50 Å². The van der Waals surface area contributed by atoms with Gasteiger partial charge in [-0.1, -0.05) is 12.5 Å². The fraction of sp³-hybridized carbons (Fsp3) is 0.474. The molecule has 0 amide bonds. The van der Waals surface area contributed by atoms with Crippen LogP contribution in [0.1, 0.15) is 43.8 Å². The molecule has 0 N–H and O–H groups in total. The van der Waals surface area contributed by atoms with Crippen LogP contribution in [0.2, 0.25) is 0 Å². The summed E-state index contributed by atoms with van der Waals surface area (Å²) in [7, 11) is 0. The smallest absolute Gasteiger partial charge is 0.156 e. The van der Waals surface area contributed by atoms with Crippen molar-refractivity contribution in [1.29, 1.82) is 0 Å². The van der Waals surface area contributed by atoms with Crippen molar-refractivity contribution in [3.05, 3.63) is 41.7 Å². The Balaban J connectivity index is 1.42. The molecule has 1 saturated carbocycles. The number of aromatic nitrogens is 3. The summed E-state index contributed by atoms with van der Waals surface area (Å²) in [6.07, 6.45) is 8.79. The maximum atomic E-state index is 4.83. The van der Waals surface area contributed by atoms with Gasteiger partial charge in [-0.15, -0.1) is 11.3 Å². The molecule has 0 spiro atoms. The minimum atomic E-state index is 0.490. The van der Waals surface area contributed by atoms with Crippen LogP contribution in [0.3, 0.4) is 0 Å². The van der Waals surface area contributed by atoms with E-state index >= 15 is 0 Å². The van der Waals surface area contributed by atoms with Gasteiger partial charge < -0.3 is 0 Å². The molecule has 1 atom stereocenters. The Morgan fingerprint density at radius 3 is 2.83 bits per heavy atom. The SMILES string of the molecule is c1csc(-c2ccc3nc(C4CCCN(C5CCC5)C4)nn3c2)c1. The van der Waals surface area contributed by atoms with Crippen molar-refractivity contribution in [3.63, 3.8) is 0 Å². The molecule has 4 heterocycles. The van der Waals surface area contributed by atoms with Crippen molar-refractivity contribution >= 4 is 17.0 Å². The number of piperidine rings is 1. The van der Waals surface area contributed by atoms with E-state index in [1.165, 1.54) is 49.1 Å². The zero-order valence-corrected chi connectivity index (χ0v) is 14.6. The summed E-state index contributed by atoms with van der Waals surface area (Å²) < 4.78 is 1.96. The number of thiophene rings is 1. The average molecular weight is 338 g/mol. The maximum absolute atomic E-state index is 4.83. The van der Waals surface area contributed by atoms with Crippen LogP contribution in [-0.2, 0) is 0 Å². The zero-order valence-electron chi connectivity index (χ0n) is 13.8. The van der Waals surface area contributed by atoms with Crippen LogP contribution in [0.15, 0.2) is 35.8 Å². The van der Waals surface area contributed by atoms with Crippen LogP contribution < -0.4 is 0 Å². The third kappa shape index (κ3) is 2.56. The Morgan fingerprint density at radius 2 is 2.04 bits per heavy atom. The van der Waals surface area contributed by atoms with E-state index in [0.717, 1.165) is 24.1 Å². The molecule has 5 heteroatoms. The van der Waals surface area contributed by atoms with Crippen molar-refractivity contribution in [1.82, 2.24) is 19.5 Å². The van der Waals surface area contributed by atoms with Crippen LogP contribution >= 0.6 is 11.3 Å². The third-order valence-corrected chi connectivity index (χ3v) is 6.48. The second kappa shape index (κ2) is 5.97. The maximum Gasteiger partial charge on any atom is 0.156 e. The fourth-order valence-corrected chi connectivity index (χ4v) is 4.68. The Labute approximate surface area is 146 Å². The van der Waals surface area contributed by atoms with E-state index in [0.29, 0.717) is 5.92 Å². The molecule has 0 radical (unpaired) electrons. The van der Waals surface area contributed by atoms with E-state index < -0.39 is 0 Å². The lowest BCUT2D eigenvalue weighted by Gasteiger charge is -2.41. The summed E-state index contributed by atoms with van der Waals surface area (Å²) in [6.45, 7) is 2.40. The molecule has 1 aliphatic carbocycles. The van der Waals surface area contributed by atoms with E-state index in [-0.39, 0.29) is 0 Å². The summed E-state index contributed by atoms with van der Waals surface area (Å²) in [4.78, 5) is 8.79. The molecular weight excluding hydrogens is 316 g/mol. The molecule has 1 saturated heterocycles. The Bertz CT molecular complexity index is 834. The Hall–Kier alpha value is -1.72. The van der Waals surface area contributed by atoms with E-state index in [2.05, 4.69) is 40.7 Å². The van der Waals surface area contributed by atoms with Gasteiger partial charge >= 0.3 is 0 Å². The molecule has 124 valence electrons. The first-order chi connectivity index (χ1) is 11.9. The van der Waals surface area contributed by atoms with Crippen molar-refractivity contribution in [2.45, 2.75) is 44.1 Å². The standard InChI is InChI=1S/C19H22N4S/c1-5-16(6-1)22-10-2-4-15(12-22)19-20-18-9-8-14(13-23(18)21-19)17-7-3-11-24-17/h3,7-9,11,13,15-16H,1-2,4-6,10,12H2. The first-order valence-electron chi connectivity index (χ1n) is 9.01. The predicted octanol–water partition coefficient (Wildman–Crippen LogP) is 4.19. The summed E-state index contributed by atoms with van der Waals surface area (Å²) in [5.74, 6) is 1.52. The monoisotopic (exact) mass is 338 g/mol. The minimum Gasteiger partial charge on any atom is -0.300 e. The van der Waals surface area contributed by atoms with Crippen LogP contribution in [0.5, 0.6) is 0 Å². The first kappa shape index (κ1) is 14.6. The first-order valence-corrected chi connectivity index (χ1v) is 9.89. The Morgan fingerprint density at radius 1 is 1.08 bits per heavy atom. The number of likely N-dealkylation sites (tertiary alicyclic amines) is 1. The number of fused-ring (bicyclic) bond motifs is 1. The van der Waals surface area contributed by atoms with Gasteiger partial charge in [0.1, 0.15) is 0 Å². The van der Waals surface area contributed by atoms with Crippen molar-refractivity contribution in [3.8, 4) is 10.4 Å². The van der Waals surface area contributed by atoms with Gasteiger partial charge in [0.05, 0.1) is 0 Å². The highest BCUT2D eigenvalue weighted by molar-refractivity contribution is 7.13. The molecule has 1 unspecified atom stereocenters. The van der Waals surface area contributed by atoms with E-state index in [9.17, 15) is 0 Å². The van der Waals surface area contributed by atoms with Gasteiger partial charge in [0, 0.05) is 35.1 Å². The van der Waals surface area contributed by atoms with Gasteiger partial charge in [-0.05, 0) is 55.8 Å². The van der Waals surface area contributed by atoms with Gasteiger partial charge in [-0.2, -0.15) is 5.10 Å². The fourth-order valence-electron chi connectivity index (χ4n) is 3.96. The molecule has 24 heavy (non-hydrogen) atoms. The number of pyridine rings is 1. The van der Waals surface area contributed by atoms with E-state index in [1.807, 2.05) is 4.52 Å². The third-order valence-electron chi connectivity index (χ3n) is 5.56. The van der Waals surface area contributed by atoms with Crippen molar-refractivity contribution < 1.29 is 0 Å². The van der Waals surface area contributed by atoms with Crippen LogP contribution in [0.25, 0.3) is 16.1 Å². The molecule has 2 fully saturated rings. The molecule has 1 aliphatic heterocycles. The molecule has 0 aromatic carbocycles. The molecule has 5 rings (SSSR count). The topological polar surface area (TPSA) is 33.4 Å². The van der Waals surface area contributed by atoms with Crippen LogP contribution in [0.4, 0.5) is 0 Å².